The number of rotatable bonds is 2. The van der Waals surface area contributed by atoms with Crippen molar-refractivity contribution in [1.82, 2.24) is 0 Å². The van der Waals surface area contributed by atoms with Crippen molar-refractivity contribution in [3.05, 3.63) is 67.6 Å². The van der Waals surface area contributed by atoms with Crippen molar-refractivity contribution >= 4 is 31.9 Å². The van der Waals surface area contributed by atoms with Gasteiger partial charge in [0.25, 0.3) is 0 Å². The molecule has 0 aliphatic carbocycles. The Kier molecular flexibility index (Phi) is 4.38. The lowest BCUT2D eigenvalue weighted by molar-refractivity contribution is 0.538. The lowest BCUT2D eigenvalue weighted by Crippen LogP contribution is -2.16. The third-order valence-corrected chi connectivity index (χ3v) is 3.79. The molecule has 0 saturated carbocycles. The van der Waals surface area contributed by atoms with Crippen LogP contribution in [0.1, 0.15) is 22.7 Å². The summed E-state index contributed by atoms with van der Waals surface area (Å²) in [6.07, 6.45) is 0. The van der Waals surface area contributed by atoms with E-state index in [1.165, 1.54) is 12.1 Å². The Morgan fingerprint density at radius 2 is 1.63 bits per heavy atom. The predicted octanol–water partition coefficient (Wildman–Crippen LogP) is 4.85. The molecule has 2 rings (SSSR count). The Hall–Kier alpha value is -0.780. The molecule has 1 nitrogen and oxygen atoms in total. The Balaban J connectivity index is 2.55. The van der Waals surface area contributed by atoms with E-state index in [9.17, 15) is 8.78 Å². The number of halogens is 4. The van der Waals surface area contributed by atoms with Crippen LogP contribution in [0.15, 0.2) is 39.3 Å². The fraction of sp³-hybridized carbons (Fsp3) is 0.143. The van der Waals surface area contributed by atoms with Crippen molar-refractivity contribution in [2.45, 2.75) is 13.0 Å². The second-order valence-electron chi connectivity index (χ2n) is 4.27. The van der Waals surface area contributed by atoms with Gasteiger partial charge in [0.1, 0.15) is 11.6 Å². The van der Waals surface area contributed by atoms with Gasteiger partial charge in [0, 0.05) is 14.5 Å². The van der Waals surface area contributed by atoms with E-state index >= 15 is 0 Å². The molecule has 0 aromatic heterocycles. The molecule has 5 heteroatoms. The van der Waals surface area contributed by atoms with E-state index < -0.39 is 17.7 Å². The molecule has 0 aliphatic rings. The van der Waals surface area contributed by atoms with Crippen LogP contribution in [0, 0.1) is 18.6 Å². The summed E-state index contributed by atoms with van der Waals surface area (Å²) in [5.74, 6) is -1.23. The molecule has 100 valence electrons. The SMILES string of the molecule is Cc1ccc(F)c(C(N)c2cc(Br)cc(Br)c2)c1F. The number of hydrogen-bond donors (Lipinski definition) is 1. The zero-order chi connectivity index (χ0) is 14.2. The topological polar surface area (TPSA) is 26.0 Å². The minimum absolute atomic E-state index is 0.106. The van der Waals surface area contributed by atoms with Crippen molar-refractivity contribution in [2.24, 2.45) is 5.73 Å². The van der Waals surface area contributed by atoms with E-state index in [1.54, 1.807) is 19.1 Å². The van der Waals surface area contributed by atoms with Gasteiger partial charge in [-0.15, -0.1) is 0 Å². The Morgan fingerprint density at radius 1 is 1.05 bits per heavy atom. The van der Waals surface area contributed by atoms with Crippen molar-refractivity contribution in [1.29, 1.82) is 0 Å². The molecule has 0 saturated heterocycles. The highest BCUT2D eigenvalue weighted by Gasteiger charge is 2.20. The van der Waals surface area contributed by atoms with E-state index in [1.807, 2.05) is 6.07 Å². The van der Waals surface area contributed by atoms with E-state index in [2.05, 4.69) is 31.9 Å². The molecule has 0 spiro atoms. The molecule has 0 radical (unpaired) electrons. The van der Waals surface area contributed by atoms with Crippen molar-refractivity contribution in [3.63, 3.8) is 0 Å². The molecule has 0 bridgehead atoms. The second kappa shape index (κ2) is 5.69. The molecule has 0 heterocycles. The van der Waals surface area contributed by atoms with Crippen LogP contribution in [0.2, 0.25) is 0 Å². The zero-order valence-electron chi connectivity index (χ0n) is 10.1. The molecule has 2 N–H and O–H groups in total. The minimum Gasteiger partial charge on any atom is -0.320 e. The first-order chi connectivity index (χ1) is 8.90. The molecule has 0 aliphatic heterocycles. The molecular formula is C14H11Br2F2N. The number of hydrogen-bond acceptors (Lipinski definition) is 1. The van der Waals surface area contributed by atoms with Gasteiger partial charge in [0.2, 0.25) is 0 Å². The fourth-order valence-electron chi connectivity index (χ4n) is 1.88. The van der Waals surface area contributed by atoms with Crippen molar-refractivity contribution in [3.8, 4) is 0 Å². The number of nitrogens with two attached hydrogens (primary N) is 1. The highest BCUT2D eigenvalue weighted by atomic mass is 79.9. The lowest BCUT2D eigenvalue weighted by Gasteiger charge is -2.16. The van der Waals surface area contributed by atoms with Gasteiger partial charge < -0.3 is 5.73 Å². The van der Waals surface area contributed by atoms with Crippen LogP contribution in [-0.2, 0) is 0 Å². The van der Waals surface area contributed by atoms with Crippen LogP contribution in [0.3, 0.4) is 0 Å². The van der Waals surface area contributed by atoms with Gasteiger partial charge in [-0.2, -0.15) is 0 Å². The second-order valence-corrected chi connectivity index (χ2v) is 6.10. The van der Waals surface area contributed by atoms with E-state index in [4.69, 9.17) is 5.73 Å². The molecule has 0 fully saturated rings. The maximum Gasteiger partial charge on any atom is 0.134 e. The van der Waals surface area contributed by atoms with E-state index in [-0.39, 0.29) is 5.56 Å². The average molecular weight is 391 g/mol. The summed E-state index contributed by atoms with van der Waals surface area (Å²) in [7, 11) is 0. The molecule has 2 aromatic rings. The smallest absolute Gasteiger partial charge is 0.134 e. The van der Waals surface area contributed by atoms with Crippen LogP contribution in [0.25, 0.3) is 0 Å². The summed E-state index contributed by atoms with van der Waals surface area (Å²) in [4.78, 5) is 0. The summed E-state index contributed by atoms with van der Waals surface area (Å²) in [6.45, 7) is 1.59. The third-order valence-electron chi connectivity index (χ3n) is 2.87. The van der Waals surface area contributed by atoms with Gasteiger partial charge in [-0.3, -0.25) is 0 Å². The summed E-state index contributed by atoms with van der Waals surface area (Å²) in [6, 6.07) is 7.11. The Bertz CT molecular complexity index is 609. The molecule has 2 aromatic carbocycles. The first-order valence-electron chi connectivity index (χ1n) is 5.56. The van der Waals surface area contributed by atoms with Crippen LogP contribution in [-0.4, -0.2) is 0 Å². The highest BCUT2D eigenvalue weighted by Crippen LogP contribution is 2.30. The first kappa shape index (κ1) is 14.6. The highest BCUT2D eigenvalue weighted by molar-refractivity contribution is 9.11. The predicted molar refractivity (Wildman–Crippen MR) is 79.0 cm³/mol. The molecule has 0 amide bonds. The van der Waals surface area contributed by atoms with Crippen LogP contribution in [0.5, 0.6) is 0 Å². The summed E-state index contributed by atoms with van der Waals surface area (Å²) in [5, 5.41) is 0. The van der Waals surface area contributed by atoms with Gasteiger partial charge in [0.05, 0.1) is 6.04 Å². The molecule has 1 atom stereocenters. The van der Waals surface area contributed by atoms with Gasteiger partial charge in [-0.25, -0.2) is 8.78 Å². The van der Waals surface area contributed by atoms with Gasteiger partial charge in [-0.05, 0) is 42.3 Å². The van der Waals surface area contributed by atoms with E-state index in [0.29, 0.717) is 11.1 Å². The number of aryl methyl sites for hydroxylation is 1. The van der Waals surface area contributed by atoms with Gasteiger partial charge in [0.15, 0.2) is 0 Å². The monoisotopic (exact) mass is 389 g/mol. The summed E-state index contributed by atoms with van der Waals surface area (Å²) >= 11 is 6.66. The molecule has 1 unspecified atom stereocenters. The summed E-state index contributed by atoms with van der Waals surface area (Å²) < 4.78 is 29.5. The van der Waals surface area contributed by atoms with Gasteiger partial charge >= 0.3 is 0 Å². The van der Waals surface area contributed by atoms with Crippen LogP contribution in [0.4, 0.5) is 8.78 Å². The Labute approximate surface area is 127 Å². The number of benzene rings is 2. The quantitative estimate of drug-likeness (QED) is 0.779. The minimum atomic E-state index is -0.853. The van der Waals surface area contributed by atoms with Crippen LogP contribution >= 0.6 is 31.9 Å². The standard InChI is InChI=1S/C14H11Br2F2N/c1-7-2-3-11(17)12(13(7)18)14(19)8-4-9(15)6-10(16)5-8/h2-6,14H,19H2,1H3. The largest absolute Gasteiger partial charge is 0.320 e. The van der Waals surface area contributed by atoms with Gasteiger partial charge in [-0.1, -0.05) is 37.9 Å². The lowest BCUT2D eigenvalue weighted by atomic mass is 9.97. The van der Waals surface area contributed by atoms with E-state index in [0.717, 1.165) is 8.95 Å². The normalized spacial score (nSPS) is 12.5. The van der Waals surface area contributed by atoms with Crippen molar-refractivity contribution in [2.75, 3.05) is 0 Å². The molecular weight excluding hydrogens is 380 g/mol. The maximum absolute atomic E-state index is 14.1. The average Bonchev–Trinajstić information content (AvgIpc) is 2.33. The summed E-state index contributed by atoms with van der Waals surface area (Å²) in [5.41, 5.74) is 6.90. The third kappa shape index (κ3) is 3.04. The Morgan fingerprint density at radius 3 is 2.21 bits per heavy atom. The van der Waals surface area contributed by atoms with Crippen molar-refractivity contribution < 1.29 is 8.78 Å². The zero-order valence-corrected chi connectivity index (χ0v) is 13.2. The van der Waals surface area contributed by atoms with Crippen LogP contribution < -0.4 is 5.73 Å². The first-order valence-corrected chi connectivity index (χ1v) is 7.15. The molecule has 19 heavy (non-hydrogen) atoms. The fourth-order valence-corrected chi connectivity index (χ4v) is 3.21. The maximum atomic E-state index is 14.1.